The van der Waals surface area contributed by atoms with Crippen LogP contribution >= 0.6 is 0 Å². The van der Waals surface area contributed by atoms with Crippen molar-refractivity contribution in [1.82, 2.24) is 15.1 Å². The molecule has 0 unspecified atom stereocenters. The minimum atomic E-state index is 0.233. The number of rotatable bonds is 7. The highest BCUT2D eigenvalue weighted by molar-refractivity contribution is 5.35. The van der Waals surface area contributed by atoms with Gasteiger partial charge in [0, 0.05) is 30.9 Å². The van der Waals surface area contributed by atoms with E-state index in [1.54, 1.807) is 7.11 Å². The molecule has 0 spiro atoms. The van der Waals surface area contributed by atoms with Crippen LogP contribution in [0.5, 0.6) is 5.75 Å². The second kappa shape index (κ2) is 7.10. The standard InChI is InChI=1S/C16H23N3O/c1-4-11-19-14(9-10-18-19)12-17-13(2)15-7-5-6-8-16(15)20-3/h5-10,13,17H,4,11-12H2,1-3H3/t13-/m0/s1. The van der Waals surface area contributed by atoms with Crippen molar-refractivity contribution < 1.29 is 4.74 Å². The largest absolute Gasteiger partial charge is 0.496 e. The zero-order chi connectivity index (χ0) is 14.4. The van der Waals surface area contributed by atoms with E-state index >= 15 is 0 Å². The normalized spacial score (nSPS) is 12.3. The molecule has 0 bridgehead atoms. The number of nitrogens with one attached hydrogen (secondary N) is 1. The third-order valence-corrected chi connectivity index (χ3v) is 3.43. The SMILES string of the molecule is CCCn1nccc1CN[C@@H](C)c1ccccc1OC. The number of hydrogen-bond acceptors (Lipinski definition) is 3. The summed E-state index contributed by atoms with van der Waals surface area (Å²) in [7, 11) is 1.71. The fourth-order valence-corrected chi connectivity index (χ4v) is 2.32. The van der Waals surface area contributed by atoms with E-state index in [9.17, 15) is 0 Å². The molecular weight excluding hydrogens is 250 g/mol. The van der Waals surface area contributed by atoms with Crippen molar-refractivity contribution in [3.8, 4) is 5.75 Å². The Morgan fingerprint density at radius 2 is 2.10 bits per heavy atom. The minimum Gasteiger partial charge on any atom is -0.496 e. The van der Waals surface area contributed by atoms with Crippen LogP contribution in [0.4, 0.5) is 0 Å². The number of benzene rings is 1. The first-order valence-electron chi connectivity index (χ1n) is 7.13. The average Bonchev–Trinajstić information content (AvgIpc) is 2.92. The Kier molecular flexibility index (Phi) is 5.18. The van der Waals surface area contributed by atoms with Gasteiger partial charge >= 0.3 is 0 Å². The first-order chi connectivity index (χ1) is 9.76. The molecule has 2 aromatic rings. The van der Waals surface area contributed by atoms with Crippen LogP contribution in [0, 0.1) is 0 Å². The molecular formula is C16H23N3O. The van der Waals surface area contributed by atoms with Crippen LogP contribution in [0.2, 0.25) is 0 Å². The molecule has 0 saturated heterocycles. The van der Waals surface area contributed by atoms with Gasteiger partial charge in [0.15, 0.2) is 0 Å². The van der Waals surface area contributed by atoms with Gasteiger partial charge in [-0.15, -0.1) is 0 Å². The maximum absolute atomic E-state index is 5.41. The van der Waals surface area contributed by atoms with Gasteiger partial charge in [-0.05, 0) is 25.5 Å². The monoisotopic (exact) mass is 273 g/mol. The zero-order valence-electron chi connectivity index (χ0n) is 12.5. The number of ether oxygens (including phenoxy) is 1. The van der Waals surface area contributed by atoms with Crippen LogP contribution in [-0.2, 0) is 13.1 Å². The third-order valence-electron chi connectivity index (χ3n) is 3.43. The van der Waals surface area contributed by atoms with Crippen LogP contribution in [0.3, 0.4) is 0 Å². The molecule has 0 amide bonds. The number of hydrogen-bond donors (Lipinski definition) is 1. The average molecular weight is 273 g/mol. The van der Waals surface area contributed by atoms with Crippen molar-refractivity contribution in [2.45, 2.75) is 39.4 Å². The Labute approximate surface area is 120 Å². The summed E-state index contributed by atoms with van der Waals surface area (Å²) in [6.45, 7) is 6.08. The van der Waals surface area contributed by atoms with E-state index < -0.39 is 0 Å². The highest BCUT2D eigenvalue weighted by Crippen LogP contribution is 2.24. The van der Waals surface area contributed by atoms with Crippen LogP contribution in [0.15, 0.2) is 36.5 Å². The Bertz CT molecular complexity index is 536. The molecule has 0 fully saturated rings. The molecule has 1 heterocycles. The third kappa shape index (κ3) is 3.39. The Morgan fingerprint density at radius 1 is 1.30 bits per heavy atom. The second-order valence-corrected chi connectivity index (χ2v) is 4.89. The summed E-state index contributed by atoms with van der Waals surface area (Å²) in [6.07, 6.45) is 2.96. The minimum absolute atomic E-state index is 0.233. The highest BCUT2D eigenvalue weighted by Gasteiger charge is 2.11. The van der Waals surface area contributed by atoms with Gasteiger partial charge in [0.2, 0.25) is 0 Å². The van der Waals surface area contributed by atoms with Gasteiger partial charge in [-0.1, -0.05) is 25.1 Å². The van der Waals surface area contributed by atoms with E-state index in [1.807, 2.05) is 24.4 Å². The maximum atomic E-state index is 5.41. The molecule has 1 aromatic carbocycles. The van der Waals surface area contributed by atoms with E-state index in [2.05, 4.69) is 41.1 Å². The van der Waals surface area contributed by atoms with E-state index in [0.29, 0.717) is 0 Å². The Balaban J connectivity index is 2.01. The lowest BCUT2D eigenvalue weighted by molar-refractivity contribution is 0.400. The van der Waals surface area contributed by atoms with Crippen LogP contribution in [0.25, 0.3) is 0 Å². The van der Waals surface area contributed by atoms with Gasteiger partial charge in [0.1, 0.15) is 5.75 Å². The van der Waals surface area contributed by atoms with Gasteiger partial charge in [-0.2, -0.15) is 5.10 Å². The molecule has 0 aliphatic rings. The summed E-state index contributed by atoms with van der Waals surface area (Å²) < 4.78 is 7.47. The molecule has 4 heteroatoms. The molecule has 1 aromatic heterocycles. The summed E-state index contributed by atoms with van der Waals surface area (Å²) in [6, 6.07) is 10.4. The number of aromatic nitrogens is 2. The number of aryl methyl sites for hydroxylation is 1. The Morgan fingerprint density at radius 3 is 2.85 bits per heavy atom. The van der Waals surface area contributed by atoms with Crippen molar-refractivity contribution in [2.24, 2.45) is 0 Å². The van der Waals surface area contributed by atoms with Gasteiger partial charge in [0.05, 0.1) is 12.8 Å². The topological polar surface area (TPSA) is 39.1 Å². The van der Waals surface area contributed by atoms with Crippen molar-refractivity contribution in [1.29, 1.82) is 0 Å². The number of para-hydroxylation sites is 1. The molecule has 0 aliphatic carbocycles. The highest BCUT2D eigenvalue weighted by atomic mass is 16.5. The van der Waals surface area contributed by atoms with Gasteiger partial charge in [-0.25, -0.2) is 0 Å². The van der Waals surface area contributed by atoms with Crippen LogP contribution < -0.4 is 10.1 Å². The molecule has 0 radical (unpaired) electrons. The molecule has 1 atom stereocenters. The van der Waals surface area contributed by atoms with E-state index in [0.717, 1.165) is 25.3 Å². The predicted molar refractivity (Wildman–Crippen MR) is 80.8 cm³/mol. The second-order valence-electron chi connectivity index (χ2n) is 4.89. The van der Waals surface area contributed by atoms with Gasteiger partial charge in [0.25, 0.3) is 0 Å². The van der Waals surface area contributed by atoms with Crippen LogP contribution in [-0.4, -0.2) is 16.9 Å². The molecule has 20 heavy (non-hydrogen) atoms. The molecule has 4 nitrogen and oxygen atoms in total. The fourth-order valence-electron chi connectivity index (χ4n) is 2.32. The fraction of sp³-hybridized carbons (Fsp3) is 0.438. The molecule has 0 aliphatic heterocycles. The van der Waals surface area contributed by atoms with Crippen molar-refractivity contribution in [3.05, 3.63) is 47.8 Å². The van der Waals surface area contributed by atoms with Crippen molar-refractivity contribution in [3.63, 3.8) is 0 Å². The lowest BCUT2D eigenvalue weighted by atomic mass is 10.1. The van der Waals surface area contributed by atoms with Gasteiger partial charge in [-0.3, -0.25) is 4.68 Å². The summed E-state index contributed by atoms with van der Waals surface area (Å²) >= 11 is 0. The number of methoxy groups -OCH3 is 1. The first-order valence-corrected chi connectivity index (χ1v) is 7.13. The lowest BCUT2D eigenvalue weighted by Gasteiger charge is -2.17. The lowest BCUT2D eigenvalue weighted by Crippen LogP contribution is -2.21. The van der Waals surface area contributed by atoms with Crippen LogP contribution in [0.1, 0.15) is 37.6 Å². The summed E-state index contributed by atoms with van der Waals surface area (Å²) in [4.78, 5) is 0. The molecule has 2 rings (SSSR count). The van der Waals surface area contributed by atoms with E-state index in [-0.39, 0.29) is 6.04 Å². The molecule has 0 saturated carbocycles. The maximum Gasteiger partial charge on any atom is 0.123 e. The quantitative estimate of drug-likeness (QED) is 0.842. The van der Waals surface area contributed by atoms with E-state index in [4.69, 9.17) is 4.74 Å². The first kappa shape index (κ1) is 14.6. The Hall–Kier alpha value is -1.81. The predicted octanol–water partition coefficient (Wildman–Crippen LogP) is 3.15. The van der Waals surface area contributed by atoms with Gasteiger partial charge < -0.3 is 10.1 Å². The summed E-state index contributed by atoms with van der Waals surface area (Å²) in [5.41, 5.74) is 2.39. The molecule has 1 N–H and O–H groups in total. The summed E-state index contributed by atoms with van der Waals surface area (Å²) in [5.74, 6) is 0.926. The van der Waals surface area contributed by atoms with Crippen molar-refractivity contribution in [2.75, 3.05) is 7.11 Å². The van der Waals surface area contributed by atoms with E-state index in [1.165, 1.54) is 11.3 Å². The summed E-state index contributed by atoms with van der Waals surface area (Å²) in [5, 5.41) is 7.88. The van der Waals surface area contributed by atoms with Crippen molar-refractivity contribution >= 4 is 0 Å². The molecule has 108 valence electrons. The zero-order valence-corrected chi connectivity index (χ0v) is 12.5. The smallest absolute Gasteiger partial charge is 0.123 e. The number of nitrogens with zero attached hydrogens (tertiary/aromatic N) is 2.